The first-order chi connectivity index (χ1) is 5.83. The standard InChI is InChI=1S/2C6H14.3H2O/c2*1-3-5-6-4-2;;;/h2*3-6H2,1-2H3;3*1H2. The Bertz CT molecular complexity index is 42.8. The van der Waals surface area contributed by atoms with Gasteiger partial charge in [-0.3, -0.25) is 0 Å². The highest BCUT2D eigenvalue weighted by Gasteiger charge is 1.75. The Morgan fingerprint density at radius 2 is 0.533 bits per heavy atom. The van der Waals surface area contributed by atoms with Crippen LogP contribution in [0.25, 0.3) is 0 Å². The molecule has 0 amide bonds. The predicted octanol–water partition coefficient (Wildman–Crippen LogP) is 2.70. The quantitative estimate of drug-likeness (QED) is 0.623. The second-order valence-electron chi connectivity index (χ2n) is 3.41. The maximum atomic E-state index is 2.23. The minimum absolute atomic E-state index is 0. The van der Waals surface area contributed by atoms with Gasteiger partial charge in [0.05, 0.1) is 0 Å². The lowest BCUT2D eigenvalue weighted by Crippen LogP contribution is -1.66. The first-order valence-electron chi connectivity index (χ1n) is 5.83. The van der Waals surface area contributed by atoms with E-state index in [1.165, 1.54) is 51.4 Å². The number of hydrogen-bond acceptors (Lipinski definition) is 0. The van der Waals surface area contributed by atoms with Crippen molar-refractivity contribution in [3.63, 3.8) is 0 Å². The number of hydrogen-bond donors (Lipinski definition) is 0. The lowest BCUT2D eigenvalue weighted by Gasteiger charge is -1.86. The molecule has 100 valence electrons. The van der Waals surface area contributed by atoms with Crippen LogP contribution in [-0.2, 0) is 0 Å². The molecule has 0 saturated heterocycles. The van der Waals surface area contributed by atoms with Crippen LogP contribution in [0.15, 0.2) is 0 Å². The molecule has 0 aromatic rings. The molecular formula is C12H34O3. The van der Waals surface area contributed by atoms with Gasteiger partial charge in [-0.15, -0.1) is 0 Å². The smallest absolute Gasteiger partial charge is 0.0536 e. The van der Waals surface area contributed by atoms with Crippen molar-refractivity contribution in [2.45, 2.75) is 79.1 Å². The molecular weight excluding hydrogens is 192 g/mol. The summed E-state index contributed by atoms with van der Waals surface area (Å²) in [5.41, 5.74) is 0. The summed E-state index contributed by atoms with van der Waals surface area (Å²) in [6, 6.07) is 0. The van der Waals surface area contributed by atoms with Gasteiger partial charge in [0.15, 0.2) is 0 Å². The second-order valence-corrected chi connectivity index (χ2v) is 3.41. The molecule has 0 unspecified atom stereocenters. The highest BCUT2D eigenvalue weighted by Crippen LogP contribution is 1.95. The minimum Gasteiger partial charge on any atom is -0.412 e. The average molecular weight is 226 g/mol. The first kappa shape index (κ1) is 29.4. The normalized spacial score (nSPS) is 7.20. The van der Waals surface area contributed by atoms with Crippen molar-refractivity contribution in [3.8, 4) is 0 Å². The Kier molecular flexibility index (Phi) is 72.6. The third-order valence-electron chi connectivity index (χ3n) is 1.91. The fraction of sp³-hybridized carbons (Fsp3) is 1.00. The molecule has 0 bridgehead atoms. The first-order valence-corrected chi connectivity index (χ1v) is 5.83. The third-order valence-corrected chi connectivity index (χ3v) is 1.91. The van der Waals surface area contributed by atoms with Crippen molar-refractivity contribution in [2.24, 2.45) is 0 Å². The molecule has 0 aromatic heterocycles. The summed E-state index contributed by atoms with van der Waals surface area (Å²) in [7, 11) is 0. The van der Waals surface area contributed by atoms with Crippen molar-refractivity contribution >= 4 is 0 Å². The van der Waals surface area contributed by atoms with Crippen molar-refractivity contribution in [2.75, 3.05) is 0 Å². The Labute approximate surface area is 96.2 Å². The molecule has 15 heavy (non-hydrogen) atoms. The van der Waals surface area contributed by atoms with Gasteiger partial charge in [0.25, 0.3) is 0 Å². The molecule has 0 aliphatic rings. The number of rotatable bonds is 6. The van der Waals surface area contributed by atoms with Crippen LogP contribution in [0.1, 0.15) is 79.1 Å². The van der Waals surface area contributed by atoms with Crippen molar-refractivity contribution < 1.29 is 16.4 Å². The topological polar surface area (TPSA) is 94.5 Å². The van der Waals surface area contributed by atoms with Crippen LogP contribution in [-0.4, -0.2) is 16.4 Å². The van der Waals surface area contributed by atoms with E-state index < -0.39 is 0 Å². The summed E-state index contributed by atoms with van der Waals surface area (Å²) in [6.45, 7) is 8.93. The molecule has 0 spiro atoms. The van der Waals surface area contributed by atoms with E-state index in [1.807, 2.05) is 0 Å². The van der Waals surface area contributed by atoms with Crippen molar-refractivity contribution in [1.29, 1.82) is 0 Å². The van der Waals surface area contributed by atoms with Gasteiger partial charge in [-0.25, -0.2) is 0 Å². The Hall–Kier alpha value is -0.120. The van der Waals surface area contributed by atoms with E-state index in [0.29, 0.717) is 0 Å². The molecule has 3 nitrogen and oxygen atoms in total. The molecule has 0 saturated carbocycles. The Morgan fingerprint density at radius 1 is 0.400 bits per heavy atom. The maximum Gasteiger partial charge on any atom is -0.0536 e. The summed E-state index contributed by atoms with van der Waals surface area (Å²) >= 11 is 0. The number of unbranched alkanes of at least 4 members (excludes halogenated alkanes) is 6. The second kappa shape index (κ2) is 37.1. The molecule has 0 aliphatic carbocycles. The summed E-state index contributed by atoms with van der Waals surface area (Å²) in [6.07, 6.45) is 11.1. The van der Waals surface area contributed by atoms with Crippen LogP contribution in [0.4, 0.5) is 0 Å². The van der Waals surface area contributed by atoms with E-state index in [9.17, 15) is 0 Å². The zero-order valence-corrected chi connectivity index (χ0v) is 11.2. The Morgan fingerprint density at radius 3 is 0.600 bits per heavy atom. The zero-order valence-electron chi connectivity index (χ0n) is 11.2. The third kappa shape index (κ3) is 56.7. The van der Waals surface area contributed by atoms with E-state index in [2.05, 4.69) is 27.7 Å². The molecule has 6 N–H and O–H groups in total. The highest BCUT2D eigenvalue weighted by atomic mass is 16.0. The van der Waals surface area contributed by atoms with Crippen LogP contribution in [0.2, 0.25) is 0 Å². The molecule has 0 radical (unpaired) electrons. The van der Waals surface area contributed by atoms with E-state index >= 15 is 0 Å². The maximum absolute atomic E-state index is 2.23. The molecule has 0 aromatic carbocycles. The van der Waals surface area contributed by atoms with Gasteiger partial charge in [-0.1, -0.05) is 79.1 Å². The van der Waals surface area contributed by atoms with Crippen molar-refractivity contribution in [3.05, 3.63) is 0 Å². The van der Waals surface area contributed by atoms with Crippen LogP contribution >= 0.6 is 0 Å². The molecule has 0 fully saturated rings. The average Bonchev–Trinajstić information content (AvgIpc) is 2.12. The molecule has 0 atom stereocenters. The van der Waals surface area contributed by atoms with Crippen LogP contribution in [0.5, 0.6) is 0 Å². The SMILES string of the molecule is CCCCCC.CCCCCC.O.O.O. The molecule has 0 aliphatic heterocycles. The van der Waals surface area contributed by atoms with Crippen molar-refractivity contribution in [1.82, 2.24) is 0 Å². The monoisotopic (exact) mass is 226 g/mol. The van der Waals surface area contributed by atoms with Gasteiger partial charge in [0, 0.05) is 0 Å². The molecule has 0 heterocycles. The largest absolute Gasteiger partial charge is 0.412 e. The van der Waals surface area contributed by atoms with E-state index in [-0.39, 0.29) is 16.4 Å². The summed E-state index contributed by atoms with van der Waals surface area (Å²) < 4.78 is 0. The van der Waals surface area contributed by atoms with Crippen LogP contribution in [0, 0.1) is 0 Å². The molecule has 0 rings (SSSR count). The van der Waals surface area contributed by atoms with E-state index in [1.54, 1.807) is 0 Å². The fourth-order valence-corrected chi connectivity index (χ4v) is 1.000. The van der Waals surface area contributed by atoms with Gasteiger partial charge < -0.3 is 16.4 Å². The lowest BCUT2D eigenvalue weighted by atomic mass is 10.2. The van der Waals surface area contributed by atoms with Gasteiger partial charge in [0.1, 0.15) is 0 Å². The van der Waals surface area contributed by atoms with Crippen LogP contribution in [0.3, 0.4) is 0 Å². The summed E-state index contributed by atoms with van der Waals surface area (Å²) in [5.74, 6) is 0. The summed E-state index contributed by atoms with van der Waals surface area (Å²) in [5, 5.41) is 0. The zero-order chi connectivity index (χ0) is 9.66. The molecule has 3 heteroatoms. The van der Waals surface area contributed by atoms with E-state index in [4.69, 9.17) is 0 Å². The van der Waals surface area contributed by atoms with Gasteiger partial charge in [0.2, 0.25) is 0 Å². The van der Waals surface area contributed by atoms with Gasteiger partial charge >= 0.3 is 0 Å². The summed E-state index contributed by atoms with van der Waals surface area (Å²) in [4.78, 5) is 0. The fourth-order valence-electron chi connectivity index (χ4n) is 1.000. The van der Waals surface area contributed by atoms with Gasteiger partial charge in [-0.2, -0.15) is 0 Å². The minimum atomic E-state index is 0. The predicted molar refractivity (Wildman–Crippen MR) is 70.5 cm³/mol. The van der Waals surface area contributed by atoms with Gasteiger partial charge in [-0.05, 0) is 0 Å². The highest BCUT2D eigenvalue weighted by molar-refractivity contribution is 4.31. The lowest BCUT2D eigenvalue weighted by molar-refractivity contribution is 0.702. The Balaban J connectivity index is -0.0000000370. The van der Waals surface area contributed by atoms with Crippen LogP contribution < -0.4 is 0 Å². The van der Waals surface area contributed by atoms with E-state index in [0.717, 1.165) is 0 Å².